The van der Waals surface area contributed by atoms with Gasteiger partial charge < -0.3 is 15.7 Å². The van der Waals surface area contributed by atoms with Gasteiger partial charge in [-0.1, -0.05) is 85.8 Å². The summed E-state index contributed by atoms with van der Waals surface area (Å²) in [5.74, 6) is 2.35. The van der Waals surface area contributed by atoms with Gasteiger partial charge in [-0.05, 0) is 139 Å². The molecule has 0 saturated heterocycles. The Morgan fingerprint density at radius 1 is 0.875 bits per heavy atom. The molecule has 0 radical (unpaired) electrons. The normalized spacial score (nSPS) is 40.0. The molecule has 5 heteroatoms. The number of benzene rings is 1. The number of allylic oxidation sites excluding steroid dienone is 3. The topological polar surface area (TPSA) is 78.4 Å². The molecule has 264 valence electrons. The number of hydrogen-bond donors (Lipinski definition) is 3. The van der Waals surface area contributed by atoms with Gasteiger partial charge in [0.1, 0.15) is 0 Å². The Morgan fingerprint density at radius 3 is 2.19 bits per heavy atom. The average molecular weight is 657 g/mol. The van der Waals surface area contributed by atoms with E-state index >= 15 is 0 Å². The second-order valence-corrected chi connectivity index (χ2v) is 19.2. The molecule has 0 spiro atoms. The van der Waals surface area contributed by atoms with E-state index in [-0.39, 0.29) is 38.5 Å². The first kappa shape index (κ1) is 35.4. The molecule has 5 nitrogen and oxygen atoms in total. The minimum Gasteiger partial charge on any atom is -0.478 e. The van der Waals surface area contributed by atoms with Crippen molar-refractivity contribution in [3.8, 4) is 0 Å². The number of rotatable bonds is 7. The maximum atomic E-state index is 12.6. The van der Waals surface area contributed by atoms with Gasteiger partial charge in [-0.3, -0.25) is 4.79 Å². The zero-order valence-electron chi connectivity index (χ0n) is 31.5. The smallest absolute Gasteiger partial charge is 0.335 e. The van der Waals surface area contributed by atoms with Crippen LogP contribution in [0.2, 0.25) is 0 Å². The molecule has 4 fully saturated rings. The summed E-state index contributed by atoms with van der Waals surface area (Å²) in [6.07, 6.45) is 13.7. The van der Waals surface area contributed by atoms with Crippen LogP contribution < -0.4 is 10.6 Å². The van der Waals surface area contributed by atoms with Gasteiger partial charge in [0, 0.05) is 24.0 Å². The summed E-state index contributed by atoms with van der Waals surface area (Å²) in [5.41, 5.74) is 4.85. The fourth-order valence-electron chi connectivity index (χ4n) is 13.1. The maximum Gasteiger partial charge on any atom is 0.335 e. The molecular weight excluding hydrogens is 592 g/mol. The third-order valence-corrected chi connectivity index (χ3v) is 15.7. The molecule has 6 rings (SSSR count). The first-order valence-electron chi connectivity index (χ1n) is 19.0. The number of carboxylic acids is 1. The van der Waals surface area contributed by atoms with Crippen LogP contribution in [0.3, 0.4) is 0 Å². The van der Waals surface area contributed by atoms with Crippen molar-refractivity contribution in [2.45, 2.75) is 126 Å². The first-order chi connectivity index (χ1) is 22.3. The number of fused-ring (bicyclic) bond motifs is 7. The minimum atomic E-state index is -0.867. The van der Waals surface area contributed by atoms with Crippen molar-refractivity contribution in [2.75, 3.05) is 13.1 Å². The van der Waals surface area contributed by atoms with Gasteiger partial charge >= 0.3 is 5.97 Å². The summed E-state index contributed by atoms with van der Waals surface area (Å²) in [6.45, 7) is 27.3. The number of carbonyl (C=O) groups is 2. The molecule has 3 N–H and O–H groups in total. The number of amides is 1. The van der Waals surface area contributed by atoms with Crippen molar-refractivity contribution in [3.63, 3.8) is 0 Å². The van der Waals surface area contributed by atoms with Crippen molar-refractivity contribution in [1.82, 2.24) is 10.6 Å². The van der Waals surface area contributed by atoms with E-state index in [1.807, 2.05) is 32.9 Å². The van der Waals surface area contributed by atoms with E-state index in [0.717, 1.165) is 13.0 Å². The van der Waals surface area contributed by atoms with Crippen LogP contribution in [-0.2, 0) is 4.79 Å². The van der Waals surface area contributed by atoms with Crippen molar-refractivity contribution < 1.29 is 14.7 Å². The van der Waals surface area contributed by atoms with E-state index in [4.69, 9.17) is 0 Å². The molecule has 4 saturated carbocycles. The predicted octanol–water partition coefficient (Wildman–Crippen LogP) is 9.54. The number of nitrogens with one attached hydrogen (secondary N) is 2. The average Bonchev–Trinajstić information content (AvgIpc) is 3.39. The summed E-state index contributed by atoms with van der Waals surface area (Å²) in [7, 11) is 0. The Bertz CT molecular complexity index is 1480. The van der Waals surface area contributed by atoms with Crippen LogP contribution in [0.1, 0.15) is 136 Å². The Kier molecular flexibility index (Phi) is 8.74. The molecule has 5 aliphatic carbocycles. The van der Waals surface area contributed by atoms with Crippen molar-refractivity contribution in [2.24, 2.45) is 56.7 Å². The third-order valence-electron chi connectivity index (χ3n) is 15.7. The van der Waals surface area contributed by atoms with Gasteiger partial charge in [-0.2, -0.15) is 0 Å². The quantitative estimate of drug-likeness (QED) is 0.202. The first-order valence-corrected chi connectivity index (χ1v) is 19.0. The Morgan fingerprint density at radius 2 is 1.56 bits per heavy atom. The molecule has 1 aromatic rings. The highest BCUT2D eigenvalue weighted by Gasteiger charge is 2.70. The molecular formula is C43H64N2O3. The highest BCUT2D eigenvalue weighted by Crippen LogP contribution is 2.76. The van der Waals surface area contributed by atoms with Gasteiger partial charge in [0.2, 0.25) is 5.91 Å². The van der Waals surface area contributed by atoms with Gasteiger partial charge in [-0.25, -0.2) is 4.79 Å². The monoisotopic (exact) mass is 656 g/mol. The number of carbonyl (C=O) groups excluding carboxylic acids is 1. The van der Waals surface area contributed by atoms with Crippen LogP contribution in [0, 0.1) is 56.7 Å². The molecule has 5 aliphatic rings. The van der Waals surface area contributed by atoms with E-state index in [2.05, 4.69) is 64.8 Å². The zero-order valence-corrected chi connectivity index (χ0v) is 31.5. The van der Waals surface area contributed by atoms with Crippen molar-refractivity contribution >= 4 is 17.4 Å². The fourth-order valence-corrected chi connectivity index (χ4v) is 13.1. The van der Waals surface area contributed by atoms with E-state index < -0.39 is 5.97 Å². The lowest BCUT2D eigenvalue weighted by Gasteiger charge is -2.72. The lowest BCUT2D eigenvalue weighted by Crippen LogP contribution is -2.68. The largest absolute Gasteiger partial charge is 0.478 e. The second-order valence-electron chi connectivity index (χ2n) is 19.2. The lowest BCUT2D eigenvalue weighted by atomic mass is 9.33. The number of carboxylic acid groups (broad SMARTS) is 1. The second kappa shape index (κ2) is 11.8. The number of hydrogen-bond acceptors (Lipinski definition) is 3. The summed E-state index contributed by atoms with van der Waals surface area (Å²) in [4.78, 5) is 24.1. The molecule has 0 aliphatic heterocycles. The highest BCUT2D eigenvalue weighted by atomic mass is 16.4. The van der Waals surface area contributed by atoms with Gasteiger partial charge in [-0.15, -0.1) is 0 Å². The van der Waals surface area contributed by atoms with Crippen LogP contribution in [-0.4, -0.2) is 35.6 Å². The Hall–Kier alpha value is -2.40. The van der Waals surface area contributed by atoms with Gasteiger partial charge in [0.25, 0.3) is 0 Å². The standard InChI is InChI=1S/C43H64N2O3/c1-27(2)30-17-22-43(45-26-25-44-37(48)38(3,4)5)24-23-41(9)32(35(30)43)15-16-34-40(8)20-18-31(28-11-13-29(14-12-28)36(46)47)39(6,7)33(40)19-21-42(34,41)10/h11-14,18,30,32-35,45H,1,15-17,19-26H2,2-10H3,(H,44,48)(H,46,47)/t30-,32+,33-,34+,35+,40-,41+,42+,43-/m0/s1. The van der Waals surface area contributed by atoms with Crippen LogP contribution in [0.5, 0.6) is 0 Å². The third kappa shape index (κ3) is 5.26. The van der Waals surface area contributed by atoms with Crippen molar-refractivity contribution in [1.29, 1.82) is 0 Å². The molecule has 48 heavy (non-hydrogen) atoms. The van der Waals surface area contributed by atoms with E-state index in [9.17, 15) is 14.7 Å². The molecule has 0 heterocycles. The van der Waals surface area contributed by atoms with Gasteiger partial charge in [0.05, 0.1) is 5.56 Å². The van der Waals surface area contributed by atoms with Crippen LogP contribution in [0.15, 0.2) is 42.5 Å². The van der Waals surface area contributed by atoms with Crippen LogP contribution >= 0.6 is 0 Å². The number of aromatic carboxylic acids is 1. The molecule has 0 aromatic heterocycles. The highest BCUT2D eigenvalue weighted by molar-refractivity contribution is 5.88. The summed E-state index contributed by atoms with van der Waals surface area (Å²) in [5, 5.41) is 16.8. The minimum absolute atomic E-state index is 0.0152. The Labute approximate surface area is 291 Å². The van der Waals surface area contributed by atoms with Crippen LogP contribution in [0.4, 0.5) is 0 Å². The van der Waals surface area contributed by atoms with E-state index in [1.54, 1.807) is 12.1 Å². The van der Waals surface area contributed by atoms with Crippen LogP contribution in [0.25, 0.3) is 5.57 Å². The predicted molar refractivity (Wildman–Crippen MR) is 196 cm³/mol. The SMILES string of the molecule is C=C(C)[C@@H]1CC[C@]2(NCCNC(=O)C(C)(C)C)CC[C@]3(C)[C@H](CC[C@@H]4[C@@]5(C)CC=C(c6ccc(C(=O)O)cc6)C(C)(C)[C@@H]5CC[C@]43C)[C@@H]12. The zero-order chi connectivity index (χ0) is 35.1. The van der Waals surface area contributed by atoms with E-state index in [0.29, 0.717) is 41.7 Å². The molecule has 0 unspecified atom stereocenters. The molecule has 1 amide bonds. The fraction of sp³-hybridized carbons (Fsp3) is 0.721. The molecule has 0 bridgehead atoms. The summed E-state index contributed by atoms with van der Waals surface area (Å²) >= 11 is 0. The lowest BCUT2D eigenvalue weighted by molar-refractivity contribution is -0.219. The molecule has 9 atom stereocenters. The maximum absolute atomic E-state index is 12.6. The summed E-state index contributed by atoms with van der Waals surface area (Å²) in [6, 6.07) is 7.59. The Balaban J connectivity index is 1.28. The van der Waals surface area contributed by atoms with E-state index in [1.165, 1.54) is 68.1 Å². The van der Waals surface area contributed by atoms with Crippen molar-refractivity contribution in [3.05, 3.63) is 53.6 Å². The summed E-state index contributed by atoms with van der Waals surface area (Å²) < 4.78 is 0. The molecule has 1 aromatic carbocycles. The van der Waals surface area contributed by atoms with Gasteiger partial charge in [0.15, 0.2) is 0 Å².